The Morgan fingerprint density at radius 1 is 1.00 bits per heavy atom. The number of hydrogen-bond donors (Lipinski definition) is 2. The molecule has 2 heteroatoms. The maximum absolute atomic E-state index is 8.92. The zero-order chi connectivity index (χ0) is 15.2. The Morgan fingerprint density at radius 3 is 2.38 bits per heavy atom. The Labute approximate surface area is 127 Å². The van der Waals surface area contributed by atoms with Gasteiger partial charge in [-0.05, 0) is 68.0 Å². The Balaban J connectivity index is 2.06. The normalized spacial score (nSPS) is 10.7. The van der Waals surface area contributed by atoms with Gasteiger partial charge in [0.1, 0.15) is 0 Å². The van der Waals surface area contributed by atoms with Crippen LogP contribution in [0.1, 0.15) is 34.2 Å². The summed E-state index contributed by atoms with van der Waals surface area (Å²) in [7, 11) is 0. The van der Waals surface area contributed by atoms with Crippen LogP contribution in [0, 0.1) is 20.8 Å². The Bertz CT molecular complexity index is 581. The summed E-state index contributed by atoms with van der Waals surface area (Å²) in [5, 5.41) is 12.4. The quantitative estimate of drug-likeness (QED) is 0.834. The molecule has 0 radical (unpaired) electrons. The predicted octanol–water partition coefficient (Wildman–Crippen LogP) is 4.15. The lowest BCUT2D eigenvalue weighted by molar-refractivity contribution is 0.288. The van der Waals surface area contributed by atoms with Crippen LogP contribution in [0.5, 0.6) is 0 Å². The number of benzene rings is 2. The highest BCUT2D eigenvalue weighted by atomic mass is 16.2. The van der Waals surface area contributed by atoms with Gasteiger partial charge in [0, 0.05) is 18.8 Å². The maximum atomic E-state index is 8.92. The molecule has 2 rings (SSSR count). The van der Waals surface area contributed by atoms with Crippen LogP contribution in [0.4, 0.5) is 5.69 Å². The van der Waals surface area contributed by atoms with Gasteiger partial charge < -0.3 is 10.4 Å². The van der Waals surface area contributed by atoms with Gasteiger partial charge in [0.05, 0.1) is 0 Å². The first kappa shape index (κ1) is 15.6. The summed E-state index contributed by atoms with van der Waals surface area (Å²) in [5.74, 6) is 0. The molecular weight excluding hydrogens is 258 g/mol. The van der Waals surface area contributed by atoms with E-state index in [4.69, 9.17) is 5.11 Å². The summed E-state index contributed by atoms with van der Waals surface area (Å²) in [5.41, 5.74) is 7.80. The third kappa shape index (κ3) is 4.33. The molecule has 0 heterocycles. The lowest BCUT2D eigenvalue weighted by Crippen LogP contribution is -2.04. The third-order valence-corrected chi connectivity index (χ3v) is 3.86. The van der Waals surface area contributed by atoms with E-state index in [1.54, 1.807) is 0 Å². The van der Waals surface area contributed by atoms with Crippen LogP contribution >= 0.6 is 0 Å². The van der Waals surface area contributed by atoms with Crippen molar-refractivity contribution in [3.63, 3.8) is 0 Å². The van der Waals surface area contributed by atoms with Crippen LogP contribution in [0.3, 0.4) is 0 Å². The number of rotatable bonds is 6. The fraction of sp³-hybridized carbons (Fsp3) is 0.368. The van der Waals surface area contributed by atoms with Gasteiger partial charge in [-0.1, -0.05) is 29.8 Å². The van der Waals surface area contributed by atoms with E-state index in [1.807, 2.05) is 0 Å². The molecule has 2 nitrogen and oxygen atoms in total. The molecule has 0 amide bonds. The second kappa shape index (κ2) is 7.28. The van der Waals surface area contributed by atoms with Crippen molar-refractivity contribution in [1.82, 2.24) is 0 Å². The van der Waals surface area contributed by atoms with E-state index in [0.29, 0.717) is 0 Å². The van der Waals surface area contributed by atoms with Gasteiger partial charge in [0.25, 0.3) is 0 Å². The summed E-state index contributed by atoms with van der Waals surface area (Å²) in [6.07, 6.45) is 1.74. The molecule has 0 aliphatic rings. The Morgan fingerprint density at radius 2 is 1.71 bits per heavy atom. The number of aliphatic hydroxyl groups excluding tert-OH is 1. The highest BCUT2D eigenvalue weighted by Gasteiger charge is 2.04. The van der Waals surface area contributed by atoms with Gasteiger partial charge in [-0.2, -0.15) is 0 Å². The first-order valence-corrected chi connectivity index (χ1v) is 7.60. The van der Waals surface area contributed by atoms with E-state index in [0.717, 1.165) is 25.1 Å². The second-order valence-electron chi connectivity index (χ2n) is 5.76. The molecule has 2 aromatic carbocycles. The molecule has 0 fully saturated rings. The van der Waals surface area contributed by atoms with Gasteiger partial charge in [0.2, 0.25) is 0 Å². The SMILES string of the molecule is Cc1cc(C)c(CNc2cccc(CCCO)c2)c(C)c1. The molecule has 0 atom stereocenters. The topological polar surface area (TPSA) is 32.3 Å². The standard InChI is InChI=1S/C19H25NO/c1-14-10-15(2)19(16(3)11-14)13-20-18-8-4-6-17(12-18)7-5-9-21/h4,6,8,10-12,20-21H,5,7,9,13H2,1-3H3. The largest absolute Gasteiger partial charge is 0.396 e. The van der Waals surface area contributed by atoms with Crippen molar-refractivity contribution >= 4 is 5.69 Å². The van der Waals surface area contributed by atoms with Crippen molar-refractivity contribution in [2.24, 2.45) is 0 Å². The van der Waals surface area contributed by atoms with Crippen LogP contribution < -0.4 is 5.32 Å². The molecule has 0 aliphatic heterocycles. The summed E-state index contributed by atoms with van der Waals surface area (Å²) in [4.78, 5) is 0. The van der Waals surface area contributed by atoms with Gasteiger partial charge >= 0.3 is 0 Å². The summed E-state index contributed by atoms with van der Waals surface area (Å²) < 4.78 is 0. The van der Waals surface area contributed by atoms with Gasteiger partial charge in [-0.25, -0.2) is 0 Å². The average Bonchev–Trinajstić information content (AvgIpc) is 2.44. The first-order chi connectivity index (χ1) is 10.1. The minimum absolute atomic E-state index is 0.249. The summed E-state index contributed by atoms with van der Waals surface area (Å²) >= 11 is 0. The van der Waals surface area contributed by atoms with Crippen molar-refractivity contribution in [3.8, 4) is 0 Å². The molecule has 0 unspecified atom stereocenters. The van der Waals surface area contributed by atoms with E-state index in [-0.39, 0.29) is 6.61 Å². The lowest BCUT2D eigenvalue weighted by atomic mass is 10.00. The minimum Gasteiger partial charge on any atom is -0.396 e. The molecular formula is C19H25NO. The first-order valence-electron chi connectivity index (χ1n) is 7.60. The summed E-state index contributed by atoms with van der Waals surface area (Å²) in [6, 6.07) is 12.9. The maximum Gasteiger partial charge on any atom is 0.0434 e. The lowest BCUT2D eigenvalue weighted by Gasteiger charge is -2.14. The van der Waals surface area contributed by atoms with E-state index in [9.17, 15) is 0 Å². The molecule has 0 aliphatic carbocycles. The van der Waals surface area contributed by atoms with E-state index >= 15 is 0 Å². The van der Waals surface area contributed by atoms with Gasteiger partial charge in [0.15, 0.2) is 0 Å². The second-order valence-corrected chi connectivity index (χ2v) is 5.76. The molecule has 2 N–H and O–H groups in total. The zero-order valence-electron chi connectivity index (χ0n) is 13.2. The highest BCUT2D eigenvalue weighted by Crippen LogP contribution is 2.19. The number of aryl methyl sites for hydroxylation is 4. The highest BCUT2D eigenvalue weighted by molar-refractivity contribution is 5.48. The molecule has 2 aromatic rings. The number of hydrogen-bond acceptors (Lipinski definition) is 2. The summed E-state index contributed by atoms with van der Waals surface area (Å²) in [6.45, 7) is 7.59. The van der Waals surface area contributed by atoms with Crippen molar-refractivity contribution < 1.29 is 5.11 Å². The van der Waals surface area contributed by atoms with Crippen LogP contribution in [0.2, 0.25) is 0 Å². The Hall–Kier alpha value is -1.80. The monoisotopic (exact) mass is 283 g/mol. The van der Waals surface area contributed by atoms with Crippen LogP contribution in [0.25, 0.3) is 0 Å². The fourth-order valence-electron chi connectivity index (χ4n) is 2.80. The van der Waals surface area contributed by atoms with E-state index in [1.165, 1.54) is 27.8 Å². The molecule has 21 heavy (non-hydrogen) atoms. The number of aliphatic hydroxyl groups is 1. The molecule has 0 saturated carbocycles. The molecule has 0 spiro atoms. The third-order valence-electron chi connectivity index (χ3n) is 3.86. The smallest absolute Gasteiger partial charge is 0.0434 e. The molecule has 112 valence electrons. The van der Waals surface area contributed by atoms with Crippen molar-refractivity contribution in [2.45, 2.75) is 40.2 Å². The minimum atomic E-state index is 0.249. The van der Waals surface area contributed by atoms with Gasteiger partial charge in [-0.3, -0.25) is 0 Å². The van der Waals surface area contributed by atoms with Crippen molar-refractivity contribution in [3.05, 3.63) is 64.2 Å². The molecule has 0 saturated heterocycles. The van der Waals surface area contributed by atoms with Gasteiger partial charge in [-0.15, -0.1) is 0 Å². The van der Waals surface area contributed by atoms with Crippen LogP contribution in [-0.2, 0) is 13.0 Å². The Kier molecular flexibility index (Phi) is 5.40. The average molecular weight is 283 g/mol. The zero-order valence-corrected chi connectivity index (χ0v) is 13.2. The predicted molar refractivity (Wildman–Crippen MR) is 89.8 cm³/mol. The molecule has 0 bridgehead atoms. The number of anilines is 1. The number of nitrogens with one attached hydrogen (secondary N) is 1. The van der Waals surface area contributed by atoms with Crippen molar-refractivity contribution in [1.29, 1.82) is 0 Å². The fourth-order valence-corrected chi connectivity index (χ4v) is 2.80. The van der Waals surface area contributed by atoms with E-state index < -0.39 is 0 Å². The van der Waals surface area contributed by atoms with Crippen molar-refractivity contribution in [2.75, 3.05) is 11.9 Å². The molecule has 0 aromatic heterocycles. The van der Waals surface area contributed by atoms with E-state index in [2.05, 4.69) is 62.5 Å². The van der Waals surface area contributed by atoms with Crippen LogP contribution in [-0.4, -0.2) is 11.7 Å². The van der Waals surface area contributed by atoms with Crippen LogP contribution in [0.15, 0.2) is 36.4 Å².